The number of fused-ring (bicyclic) bond motifs is 1. The van der Waals surface area contributed by atoms with E-state index in [0.29, 0.717) is 12.4 Å². The molecular weight excluding hydrogens is 298 g/mol. The maximum atomic E-state index is 12.8. The summed E-state index contributed by atoms with van der Waals surface area (Å²) in [4.78, 5) is 23.3. The minimum absolute atomic E-state index is 0.0276. The van der Waals surface area contributed by atoms with Crippen LogP contribution in [0.5, 0.6) is 5.75 Å². The SMILES string of the molecule is Cc1cc(OCC(=O)O)ccc1NC(=O)[C@]12CCC[C@H]1OCC2. The fraction of sp³-hybridized carbons (Fsp3) is 0.529. The zero-order valence-corrected chi connectivity index (χ0v) is 13.1. The third kappa shape index (κ3) is 3.03. The molecule has 1 saturated heterocycles. The van der Waals surface area contributed by atoms with Crippen molar-refractivity contribution < 1.29 is 24.2 Å². The number of aryl methyl sites for hydroxylation is 1. The van der Waals surface area contributed by atoms with Gasteiger partial charge in [-0.3, -0.25) is 4.79 Å². The van der Waals surface area contributed by atoms with Crippen molar-refractivity contribution in [3.05, 3.63) is 23.8 Å². The van der Waals surface area contributed by atoms with E-state index in [9.17, 15) is 9.59 Å². The maximum absolute atomic E-state index is 12.8. The normalized spacial score (nSPS) is 25.9. The van der Waals surface area contributed by atoms with E-state index in [1.807, 2.05) is 6.92 Å². The first-order chi connectivity index (χ1) is 11.0. The van der Waals surface area contributed by atoms with Gasteiger partial charge in [-0.05, 0) is 56.4 Å². The number of aliphatic carboxylic acids is 1. The van der Waals surface area contributed by atoms with Gasteiger partial charge in [0, 0.05) is 12.3 Å². The van der Waals surface area contributed by atoms with E-state index < -0.39 is 5.97 Å². The Hall–Kier alpha value is -2.08. The van der Waals surface area contributed by atoms with E-state index >= 15 is 0 Å². The van der Waals surface area contributed by atoms with Crippen LogP contribution in [-0.4, -0.2) is 36.3 Å². The first kappa shape index (κ1) is 15.8. The van der Waals surface area contributed by atoms with Crippen LogP contribution in [0, 0.1) is 12.3 Å². The molecule has 2 aliphatic rings. The molecule has 3 rings (SSSR count). The Morgan fingerprint density at radius 2 is 2.26 bits per heavy atom. The molecule has 0 aromatic heterocycles. The second-order valence-electron chi connectivity index (χ2n) is 6.27. The lowest BCUT2D eigenvalue weighted by atomic mass is 9.81. The first-order valence-corrected chi connectivity index (χ1v) is 7.89. The van der Waals surface area contributed by atoms with Crippen molar-refractivity contribution in [3.63, 3.8) is 0 Å². The van der Waals surface area contributed by atoms with Crippen molar-refractivity contribution in [2.45, 2.75) is 38.7 Å². The van der Waals surface area contributed by atoms with Crippen molar-refractivity contribution in [2.75, 3.05) is 18.5 Å². The molecule has 1 saturated carbocycles. The monoisotopic (exact) mass is 319 g/mol. The fourth-order valence-corrected chi connectivity index (χ4v) is 3.58. The van der Waals surface area contributed by atoms with Crippen molar-refractivity contribution in [1.82, 2.24) is 0 Å². The van der Waals surface area contributed by atoms with Gasteiger partial charge in [0.15, 0.2) is 6.61 Å². The van der Waals surface area contributed by atoms with E-state index in [4.69, 9.17) is 14.6 Å². The number of anilines is 1. The Bertz CT molecular complexity index is 617. The van der Waals surface area contributed by atoms with Crippen LogP contribution in [0.3, 0.4) is 0 Å². The number of carboxylic acids is 1. The number of ether oxygens (including phenoxy) is 2. The molecule has 0 spiro atoms. The third-order valence-electron chi connectivity index (χ3n) is 4.83. The van der Waals surface area contributed by atoms with E-state index in [0.717, 1.165) is 36.9 Å². The van der Waals surface area contributed by atoms with Gasteiger partial charge in [0.05, 0.1) is 11.5 Å². The van der Waals surface area contributed by atoms with Crippen LogP contribution in [0.2, 0.25) is 0 Å². The maximum Gasteiger partial charge on any atom is 0.341 e. The molecular formula is C17H21NO5. The predicted octanol–water partition coefficient (Wildman–Crippen LogP) is 2.36. The van der Waals surface area contributed by atoms with Gasteiger partial charge in [0.1, 0.15) is 5.75 Å². The van der Waals surface area contributed by atoms with E-state index in [2.05, 4.69) is 5.32 Å². The van der Waals surface area contributed by atoms with Gasteiger partial charge in [0.25, 0.3) is 0 Å². The van der Waals surface area contributed by atoms with Gasteiger partial charge in [-0.15, -0.1) is 0 Å². The van der Waals surface area contributed by atoms with Crippen molar-refractivity contribution in [1.29, 1.82) is 0 Å². The van der Waals surface area contributed by atoms with Crippen LogP contribution in [-0.2, 0) is 14.3 Å². The molecule has 0 unspecified atom stereocenters. The number of hydrogen-bond acceptors (Lipinski definition) is 4. The summed E-state index contributed by atoms with van der Waals surface area (Å²) in [7, 11) is 0. The quantitative estimate of drug-likeness (QED) is 0.870. The molecule has 2 fully saturated rings. The van der Waals surface area contributed by atoms with Crippen LogP contribution < -0.4 is 10.1 Å². The minimum Gasteiger partial charge on any atom is -0.482 e. The van der Waals surface area contributed by atoms with Crippen LogP contribution in [0.15, 0.2) is 18.2 Å². The number of hydrogen-bond donors (Lipinski definition) is 2. The smallest absolute Gasteiger partial charge is 0.341 e. The molecule has 2 N–H and O–H groups in total. The molecule has 124 valence electrons. The number of nitrogens with one attached hydrogen (secondary N) is 1. The van der Waals surface area contributed by atoms with Gasteiger partial charge in [-0.25, -0.2) is 4.79 Å². The second kappa shape index (κ2) is 6.20. The largest absolute Gasteiger partial charge is 0.482 e. The molecule has 1 aromatic carbocycles. The van der Waals surface area contributed by atoms with E-state index in [1.54, 1.807) is 18.2 Å². The highest BCUT2D eigenvalue weighted by molar-refractivity contribution is 5.97. The Labute approximate surface area is 134 Å². The lowest BCUT2D eigenvalue weighted by Gasteiger charge is -2.26. The zero-order chi connectivity index (χ0) is 16.4. The van der Waals surface area contributed by atoms with Gasteiger partial charge in [-0.2, -0.15) is 0 Å². The summed E-state index contributed by atoms with van der Waals surface area (Å²) >= 11 is 0. The van der Waals surface area contributed by atoms with Crippen LogP contribution in [0.25, 0.3) is 0 Å². The van der Waals surface area contributed by atoms with Gasteiger partial charge >= 0.3 is 5.97 Å². The number of amides is 1. The Kier molecular flexibility index (Phi) is 4.26. The number of carbonyl (C=O) groups excluding carboxylic acids is 1. The lowest BCUT2D eigenvalue weighted by molar-refractivity contribution is -0.139. The molecule has 6 heteroatoms. The van der Waals surface area contributed by atoms with Gasteiger partial charge in [0.2, 0.25) is 5.91 Å². The number of benzene rings is 1. The number of rotatable bonds is 5. The van der Waals surface area contributed by atoms with Crippen LogP contribution >= 0.6 is 0 Å². The minimum atomic E-state index is -1.02. The molecule has 23 heavy (non-hydrogen) atoms. The molecule has 1 aliphatic heterocycles. The summed E-state index contributed by atoms with van der Waals surface area (Å²) in [5.41, 5.74) is 1.18. The highest BCUT2D eigenvalue weighted by Crippen LogP contribution is 2.48. The van der Waals surface area contributed by atoms with E-state index in [-0.39, 0.29) is 24.0 Å². The fourth-order valence-electron chi connectivity index (χ4n) is 3.58. The summed E-state index contributed by atoms with van der Waals surface area (Å²) < 4.78 is 10.9. The summed E-state index contributed by atoms with van der Waals surface area (Å²) in [6.45, 7) is 2.13. The molecule has 1 amide bonds. The Morgan fingerprint density at radius 1 is 1.43 bits per heavy atom. The van der Waals surface area contributed by atoms with Crippen LogP contribution in [0.4, 0.5) is 5.69 Å². The molecule has 6 nitrogen and oxygen atoms in total. The van der Waals surface area contributed by atoms with Crippen molar-refractivity contribution >= 4 is 17.6 Å². The molecule has 1 heterocycles. The molecule has 0 radical (unpaired) electrons. The number of carbonyl (C=O) groups is 2. The first-order valence-electron chi connectivity index (χ1n) is 7.89. The highest BCUT2D eigenvalue weighted by Gasteiger charge is 2.52. The predicted molar refractivity (Wildman–Crippen MR) is 83.6 cm³/mol. The molecule has 1 aliphatic carbocycles. The zero-order valence-electron chi connectivity index (χ0n) is 13.1. The van der Waals surface area contributed by atoms with Crippen LogP contribution in [0.1, 0.15) is 31.2 Å². The van der Waals surface area contributed by atoms with Gasteiger partial charge < -0.3 is 19.9 Å². The molecule has 0 bridgehead atoms. The summed E-state index contributed by atoms with van der Waals surface area (Å²) in [5.74, 6) is -0.517. The lowest BCUT2D eigenvalue weighted by Crippen LogP contribution is -2.39. The summed E-state index contributed by atoms with van der Waals surface area (Å²) in [6.07, 6.45) is 3.68. The number of carboxylic acid groups (broad SMARTS) is 1. The second-order valence-corrected chi connectivity index (χ2v) is 6.27. The Morgan fingerprint density at radius 3 is 3.00 bits per heavy atom. The molecule has 2 atom stereocenters. The van der Waals surface area contributed by atoms with Gasteiger partial charge in [-0.1, -0.05) is 0 Å². The van der Waals surface area contributed by atoms with E-state index in [1.165, 1.54) is 0 Å². The average Bonchev–Trinajstić information content (AvgIpc) is 3.08. The standard InChI is InChI=1S/C17H21NO5/c1-11-9-12(23-10-15(19)20)4-5-13(11)18-16(21)17-6-2-3-14(17)22-8-7-17/h4-5,9,14H,2-3,6-8,10H2,1H3,(H,18,21)(H,19,20)/t14-,17+/m1/s1. The summed E-state index contributed by atoms with van der Waals surface area (Å²) in [6, 6.07) is 5.15. The third-order valence-corrected chi connectivity index (χ3v) is 4.83. The topological polar surface area (TPSA) is 84.9 Å². The highest BCUT2D eigenvalue weighted by atomic mass is 16.5. The summed E-state index contributed by atoms with van der Waals surface area (Å²) in [5, 5.41) is 11.6. The Balaban J connectivity index is 1.70. The average molecular weight is 319 g/mol. The van der Waals surface area contributed by atoms with Crippen molar-refractivity contribution in [3.8, 4) is 5.75 Å². The molecule has 1 aromatic rings. The van der Waals surface area contributed by atoms with Crippen molar-refractivity contribution in [2.24, 2.45) is 5.41 Å².